The van der Waals surface area contributed by atoms with Crippen molar-refractivity contribution < 1.29 is 5.11 Å². The van der Waals surface area contributed by atoms with Gasteiger partial charge in [-0.3, -0.25) is 4.90 Å². The Morgan fingerprint density at radius 1 is 1.12 bits per heavy atom. The molecule has 0 aromatic carbocycles. The van der Waals surface area contributed by atoms with E-state index < -0.39 is 0 Å². The lowest BCUT2D eigenvalue weighted by molar-refractivity contribution is 0.0375. The number of nitriles is 1. The average molecular weight is 236 g/mol. The second-order valence-corrected chi connectivity index (χ2v) is 5.49. The van der Waals surface area contributed by atoms with Crippen molar-refractivity contribution >= 4 is 0 Å². The van der Waals surface area contributed by atoms with E-state index in [-0.39, 0.29) is 12.5 Å². The van der Waals surface area contributed by atoms with Gasteiger partial charge in [0.1, 0.15) is 0 Å². The van der Waals surface area contributed by atoms with Gasteiger partial charge in [0.25, 0.3) is 0 Å². The molecule has 2 rings (SSSR count). The minimum Gasteiger partial charge on any atom is -0.396 e. The molecular weight excluding hydrogens is 212 g/mol. The zero-order valence-electron chi connectivity index (χ0n) is 10.6. The molecule has 0 amide bonds. The van der Waals surface area contributed by atoms with Crippen molar-refractivity contribution in [2.75, 3.05) is 13.2 Å². The van der Waals surface area contributed by atoms with Crippen LogP contribution in [-0.2, 0) is 0 Å². The van der Waals surface area contributed by atoms with Crippen molar-refractivity contribution in [3.8, 4) is 6.07 Å². The quantitative estimate of drug-likeness (QED) is 0.797. The lowest BCUT2D eigenvalue weighted by atomic mass is 9.81. The average Bonchev–Trinajstić information content (AvgIpc) is 2.32. The fourth-order valence-corrected chi connectivity index (χ4v) is 3.25. The molecule has 17 heavy (non-hydrogen) atoms. The number of nitrogens with zero attached hydrogens (tertiary/aromatic N) is 2. The molecule has 0 aromatic heterocycles. The maximum Gasteiger partial charge on any atom is 0.0672 e. The maximum absolute atomic E-state index is 9.28. The Bertz CT molecular complexity index is 270. The van der Waals surface area contributed by atoms with Crippen LogP contribution in [0.15, 0.2) is 0 Å². The molecule has 0 saturated heterocycles. The molecule has 2 aliphatic rings. The van der Waals surface area contributed by atoms with Gasteiger partial charge < -0.3 is 5.11 Å². The van der Waals surface area contributed by atoms with Gasteiger partial charge in [0.05, 0.1) is 12.0 Å². The monoisotopic (exact) mass is 236 g/mol. The lowest BCUT2D eigenvalue weighted by Gasteiger charge is -2.45. The minimum absolute atomic E-state index is 0.225. The Hall–Kier alpha value is -0.590. The number of hydrogen-bond acceptors (Lipinski definition) is 3. The topological polar surface area (TPSA) is 47.3 Å². The van der Waals surface area contributed by atoms with Crippen molar-refractivity contribution in [3.63, 3.8) is 0 Å². The van der Waals surface area contributed by atoms with Crippen molar-refractivity contribution in [1.82, 2.24) is 4.90 Å². The standard InChI is InChI=1S/C14H24N2O/c15-11-12-5-1-2-8-14(12)16(9-4-10-17)13-6-3-7-13/h12-14,17H,1-10H2. The molecule has 2 aliphatic carbocycles. The lowest BCUT2D eigenvalue weighted by Crippen LogP contribution is -2.51. The van der Waals surface area contributed by atoms with Crippen LogP contribution >= 0.6 is 0 Å². The van der Waals surface area contributed by atoms with Crippen LogP contribution in [0.25, 0.3) is 0 Å². The van der Waals surface area contributed by atoms with Crippen molar-refractivity contribution in [1.29, 1.82) is 5.26 Å². The summed E-state index contributed by atoms with van der Waals surface area (Å²) in [4.78, 5) is 2.55. The molecule has 1 N–H and O–H groups in total. The van der Waals surface area contributed by atoms with E-state index in [1.165, 1.54) is 38.5 Å². The van der Waals surface area contributed by atoms with Crippen molar-refractivity contribution in [2.45, 2.75) is 63.5 Å². The Balaban J connectivity index is 1.99. The van der Waals surface area contributed by atoms with Gasteiger partial charge in [0, 0.05) is 25.2 Å². The first kappa shape index (κ1) is 12.9. The van der Waals surface area contributed by atoms with Gasteiger partial charge in [-0.25, -0.2) is 0 Å². The van der Waals surface area contributed by atoms with E-state index in [1.54, 1.807) is 0 Å². The highest BCUT2D eigenvalue weighted by atomic mass is 16.3. The molecule has 3 nitrogen and oxygen atoms in total. The zero-order valence-corrected chi connectivity index (χ0v) is 10.6. The van der Waals surface area contributed by atoms with E-state index in [1.807, 2.05) is 0 Å². The molecule has 2 saturated carbocycles. The van der Waals surface area contributed by atoms with E-state index in [0.29, 0.717) is 12.1 Å². The van der Waals surface area contributed by atoms with Crippen LogP contribution in [-0.4, -0.2) is 35.2 Å². The summed E-state index contributed by atoms with van der Waals surface area (Å²) in [6.45, 7) is 1.25. The van der Waals surface area contributed by atoms with E-state index in [9.17, 15) is 5.26 Å². The van der Waals surface area contributed by atoms with E-state index >= 15 is 0 Å². The summed E-state index contributed by atoms with van der Waals surface area (Å²) >= 11 is 0. The third-order valence-corrected chi connectivity index (χ3v) is 4.44. The summed E-state index contributed by atoms with van der Waals surface area (Å²) in [6, 6.07) is 3.67. The molecule has 0 aliphatic heterocycles. The summed E-state index contributed by atoms with van der Waals surface area (Å²) in [5.74, 6) is 0.225. The molecule has 96 valence electrons. The second-order valence-electron chi connectivity index (χ2n) is 5.49. The van der Waals surface area contributed by atoms with E-state index in [4.69, 9.17) is 5.11 Å². The first-order valence-electron chi connectivity index (χ1n) is 7.13. The molecule has 3 heteroatoms. The minimum atomic E-state index is 0.225. The SMILES string of the molecule is N#CC1CCCCC1N(CCCO)C1CCC1. The van der Waals surface area contributed by atoms with Crippen LogP contribution in [0, 0.1) is 17.2 Å². The van der Waals surface area contributed by atoms with Crippen molar-refractivity contribution in [3.05, 3.63) is 0 Å². The maximum atomic E-state index is 9.28. The number of aliphatic hydroxyl groups excluding tert-OH is 1. The summed E-state index contributed by atoms with van der Waals surface area (Å²) < 4.78 is 0. The van der Waals surface area contributed by atoms with Gasteiger partial charge in [-0.05, 0) is 32.1 Å². The predicted molar refractivity (Wildman–Crippen MR) is 67.4 cm³/mol. The van der Waals surface area contributed by atoms with Gasteiger partial charge in [-0.2, -0.15) is 5.26 Å². The van der Waals surface area contributed by atoms with Crippen LogP contribution in [0.4, 0.5) is 0 Å². The Labute approximate surface area is 104 Å². The summed E-state index contributed by atoms with van der Waals surface area (Å²) in [5.41, 5.74) is 0. The van der Waals surface area contributed by atoms with Gasteiger partial charge in [0.2, 0.25) is 0 Å². The van der Waals surface area contributed by atoms with E-state index in [2.05, 4.69) is 11.0 Å². The van der Waals surface area contributed by atoms with Crippen LogP contribution in [0.3, 0.4) is 0 Å². The number of aliphatic hydroxyl groups is 1. The van der Waals surface area contributed by atoms with Gasteiger partial charge in [-0.1, -0.05) is 19.3 Å². The smallest absolute Gasteiger partial charge is 0.0672 e. The first-order valence-corrected chi connectivity index (χ1v) is 7.13. The fourth-order valence-electron chi connectivity index (χ4n) is 3.25. The third-order valence-electron chi connectivity index (χ3n) is 4.44. The number of rotatable bonds is 5. The Morgan fingerprint density at radius 3 is 2.47 bits per heavy atom. The molecule has 2 atom stereocenters. The predicted octanol–water partition coefficient (Wildman–Crippen LogP) is 2.31. The van der Waals surface area contributed by atoms with Crippen LogP contribution in [0.2, 0.25) is 0 Å². The van der Waals surface area contributed by atoms with Gasteiger partial charge in [-0.15, -0.1) is 0 Å². The molecule has 0 heterocycles. The Kier molecular flexibility index (Phi) is 4.82. The molecule has 2 unspecified atom stereocenters. The van der Waals surface area contributed by atoms with Crippen LogP contribution in [0.5, 0.6) is 0 Å². The first-order chi connectivity index (χ1) is 8.36. The second kappa shape index (κ2) is 6.37. The zero-order chi connectivity index (χ0) is 12.1. The summed E-state index contributed by atoms with van der Waals surface area (Å²) in [7, 11) is 0. The van der Waals surface area contributed by atoms with Crippen molar-refractivity contribution in [2.24, 2.45) is 5.92 Å². The number of hydrogen-bond donors (Lipinski definition) is 1. The fraction of sp³-hybridized carbons (Fsp3) is 0.929. The Morgan fingerprint density at radius 2 is 1.88 bits per heavy atom. The van der Waals surface area contributed by atoms with E-state index in [0.717, 1.165) is 19.4 Å². The van der Waals surface area contributed by atoms with Gasteiger partial charge in [0.15, 0.2) is 0 Å². The normalized spacial score (nSPS) is 29.9. The molecule has 0 bridgehead atoms. The largest absolute Gasteiger partial charge is 0.396 e. The highest BCUT2D eigenvalue weighted by Gasteiger charge is 2.35. The van der Waals surface area contributed by atoms with Crippen LogP contribution < -0.4 is 0 Å². The molecule has 2 fully saturated rings. The molecular formula is C14H24N2O. The molecule has 0 radical (unpaired) electrons. The highest BCUT2D eigenvalue weighted by Crippen LogP contribution is 2.34. The molecule has 0 spiro atoms. The summed E-state index contributed by atoms with van der Waals surface area (Å²) in [5, 5.41) is 18.3. The van der Waals surface area contributed by atoms with Crippen LogP contribution in [0.1, 0.15) is 51.4 Å². The third kappa shape index (κ3) is 3.00. The molecule has 0 aromatic rings. The highest BCUT2D eigenvalue weighted by molar-refractivity contribution is 4.98. The van der Waals surface area contributed by atoms with Gasteiger partial charge >= 0.3 is 0 Å². The summed E-state index contributed by atoms with van der Waals surface area (Å²) in [6.07, 6.45) is 9.51.